The number of hydrogen-bond acceptors (Lipinski definition) is 2. The third kappa shape index (κ3) is 4.09. The van der Waals surface area contributed by atoms with Crippen molar-refractivity contribution in [3.8, 4) is 0 Å². The highest BCUT2D eigenvalue weighted by Crippen LogP contribution is 1.82. The molecule has 58 valence electrons. The summed E-state index contributed by atoms with van der Waals surface area (Å²) in [6, 6.07) is -0.458. The molecule has 0 spiro atoms. The quantitative estimate of drug-likeness (QED) is 0.438. The van der Waals surface area contributed by atoms with Crippen LogP contribution in [0.1, 0.15) is 13.3 Å². The van der Waals surface area contributed by atoms with Crippen LogP contribution in [0.4, 0.5) is 0 Å². The topological polar surface area (TPSA) is 49.3 Å². The molecule has 10 heavy (non-hydrogen) atoms. The van der Waals surface area contributed by atoms with Crippen molar-refractivity contribution in [2.45, 2.75) is 19.4 Å². The van der Waals surface area contributed by atoms with E-state index in [0.717, 1.165) is 6.42 Å². The molecule has 1 unspecified atom stereocenters. The number of rotatable bonds is 5. The molecule has 0 aliphatic rings. The van der Waals surface area contributed by atoms with Gasteiger partial charge in [-0.1, -0.05) is 6.08 Å². The second kappa shape index (κ2) is 4.99. The van der Waals surface area contributed by atoms with Gasteiger partial charge in [0.1, 0.15) is 6.04 Å². The van der Waals surface area contributed by atoms with Gasteiger partial charge in [0.2, 0.25) is 0 Å². The van der Waals surface area contributed by atoms with Gasteiger partial charge in [-0.3, -0.25) is 4.79 Å². The van der Waals surface area contributed by atoms with Crippen molar-refractivity contribution < 1.29 is 9.90 Å². The lowest BCUT2D eigenvalue weighted by Crippen LogP contribution is -2.34. The highest BCUT2D eigenvalue weighted by molar-refractivity contribution is 5.72. The Balaban J connectivity index is 3.30. The van der Waals surface area contributed by atoms with E-state index in [0.29, 0.717) is 6.54 Å². The lowest BCUT2D eigenvalue weighted by atomic mass is 10.3. The standard InChI is InChI=1S/C7H13NO2/c1-3-4-5-8-6(2)7(9)10/h3,6,8H,1,4-5H2,2H3,(H,9,10). The molecule has 0 rings (SSSR count). The van der Waals surface area contributed by atoms with Crippen LogP contribution in [0, 0.1) is 0 Å². The predicted molar refractivity (Wildman–Crippen MR) is 39.9 cm³/mol. The van der Waals surface area contributed by atoms with Gasteiger partial charge in [0.15, 0.2) is 0 Å². The van der Waals surface area contributed by atoms with Gasteiger partial charge in [0, 0.05) is 0 Å². The van der Waals surface area contributed by atoms with Crippen LogP contribution >= 0.6 is 0 Å². The Morgan fingerprint density at radius 2 is 2.50 bits per heavy atom. The highest BCUT2D eigenvalue weighted by Gasteiger charge is 2.07. The molecule has 0 aliphatic carbocycles. The zero-order valence-electron chi connectivity index (χ0n) is 6.13. The Bertz CT molecular complexity index is 123. The van der Waals surface area contributed by atoms with Crippen LogP contribution in [0.3, 0.4) is 0 Å². The van der Waals surface area contributed by atoms with Crippen LogP contribution < -0.4 is 5.32 Å². The SMILES string of the molecule is C=CCCNC(C)C(=O)O. The fraction of sp³-hybridized carbons (Fsp3) is 0.571. The zero-order chi connectivity index (χ0) is 7.98. The van der Waals surface area contributed by atoms with Crippen molar-refractivity contribution in [3.63, 3.8) is 0 Å². The Labute approximate surface area is 60.7 Å². The van der Waals surface area contributed by atoms with E-state index in [1.165, 1.54) is 0 Å². The van der Waals surface area contributed by atoms with E-state index in [-0.39, 0.29) is 0 Å². The van der Waals surface area contributed by atoms with Gasteiger partial charge < -0.3 is 10.4 Å². The number of carboxylic acid groups (broad SMARTS) is 1. The van der Waals surface area contributed by atoms with Crippen LogP contribution in [0.5, 0.6) is 0 Å². The molecule has 0 bridgehead atoms. The van der Waals surface area contributed by atoms with Gasteiger partial charge in [-0.05, 0) is 19.9 Å². The summed E-state index contributed by atoms with van der Waals surface area (Å²) >= 11 is 0. The van der Waals surface area contributed by atoms with Crippen molar-refractivity contribution in [3.05, 3.63) is 12.7 Å². The highest BCUT2D eigenvalue weighted by atomic mass is 16.4. The molecular weight excluding hydrogens is 130 g/mol. The molecule has 0 saturated carbocycles. The minimum atomic E-state index is -0.816. The summed E-state index contributed by atoms with van der Waals surface area (Å²) < 4.78 is 0. The van der Waals surface area contributed by atoms with Gasteiger partial charge in [0.05, 0.1) is 0 Å². The smallest absolute Gasteiger partial charge is 0.320 e. The maximum absolute atomic E-state index is 10.2. The number of nitrogens with one attached hydrogen (secondary N) is 1. The number of hydrogen-bond donors (Lipinski definition) is 2. The summed E-state index contributed by atoms with van der Waals surface area (Å²) in [6.45, 7) is 5.81. The van der Waals surface area contributed by atoms with Crippen LogP contribution in [-0.4, -0.2) is 23.7 Å². The molecule has 0 amide bonds. The number of carboxylic acids is 1. The van der Waals surface area contributed by atoms with Crippen molar-refractivity contribution in [1.82, 2.24) is 5.32 Å². The molecule has 0 aliphatic heterocycles. The molecule has 2 N–H and O–H groups in total. The molecular formula is C7H13NO2. The van der Waals surface area contributed by atoms with E-state index in [2.05, 4.69) is 11.9 Å². The Hall–Kier alpha value is -0.830. The first kappa shape index (κ1) is 9.17. The summed E-state index contributed by atoms with van der Waals surface area (Å²) in [5, 5.41) is 11.2. The normalized spacial score (nSPS) is 12.5. The van der Waals surface area contributed by atoms with E-state index < -0.39 is 12.0 Å². The van der Waals surface area contributed by atoms with Crippen LogP contribution in [0.25, 0.3) is 0 Å². The Morgan fingerprint density at radius 1 is 1.90 bits per heavy atom. The van der Waals surface area contributed by atoms with E-state index in [1.54, 1.807) is 13.0 Å². The lowest BCUT2D eigenvalue weighted by Gasteiger charge is -2.06. The molecule has 0 saturated heterocycles. The number of aliphatic carboxylic acids is 1. The average Bonchev–Trinajstić information content (AvgIpc) is 1.88. The van der Waals surface area contributed by atoms with Gasteiger partial charge in [0.25, 0.3) is 0 Å². The molecule has 0 aromatic heterocycles. The van der Waals surface area contributed by atoms with Crippen LogP contribution in [0.15, 0.2) is 12.7 Å². The Morgan fingerprint density at radius 3 is 2.90 bits per heavy atom. The summed E-state index contributed by atoms with van der Waals surface area (Å²) in [5.41, 5.74) is 0. The molecule has 0 fully saturated rings. The second-order valence-electron chi connectivity index (χ2n) is 2.09. The Kier molecular flexibility index (Phi) is 4.58. The van der Waals surface area contributed by atoms with E-state index in [9.17, 15) is 4.79 Å². The molecule has 1 atom stereocenters. The van der Waals surface area contributed by atoms with E-state index in [4.69, 9.17) is 5.11 Å². The van der Waals surface area contributed by atoms with Crippen molar-refractivity contribution in [2.24, 2.45) is 0 Å². The third-order valence-electron chi connectivity index (χ3n) is 1.17. The van der Waals surface area contributed by atoms with Gasteiger partial charge >= 0.3 is 5.97 Å². The van der Waals surface area contributed by atoms with Crippen molar-refractivity contribution >= 4 is 5.97 Å². The lowest BCUT2D eigenvalue weighted by molar-refractivity contribution is -0.138. The molecule has 3 heteroatoms. The predicted octanol–water partition coefficient (Wildman–Crippen LogP) is 0.625. The van der Waals surface area contributed by atoms with Gasteiger partial charge in [-0.25, -0.2) is 0 Å². The summed E-state index contributed by atoms with van der Waals surface area (Å²) in [7, 11) is 0. The van der Waals surface area contributed by atoms with Gasteiger partial charge in [-0.15, -0.1) is 6.58 Å². The number of carbonyl (C=O) groups is 1. The largest absolute Gasteiger partial charge is 0.480 e. The third-order valence-corrected chi connectivity index (χ3v) is 1.17. The van der Waals surface area contributed by atoms with Gasteiger partial charge in [-0.2, -0.15) is 0 Å². The average molecular weight is 143 g/mol. The maximum Gasteiger partial charge on any atom is 0.320 e. The van der Waals surface area contributed by atoms with Crippen LogP contribution in [-0.2, 0) is 4.79 Å². The summed E-state index contributed by atoms with van der Waals surface area (Å²) in [6.07, 6.45) is 2.55. The van der Waals surface area contributed by atoms with E-state index >= 15 is 0 Å². The van der Waals surface area contributed by atoms with E-state index in [1.807, 2.05) is 0 Å². The molecule has 0 aromatic carbocycles. The minimum absolute atomic E-state index is 0.458. The molecule has 0 aromatic rings. The zero-order valence-corrected chi connectivity index (χ0v) is 6.13. The fourth-order valence-corrected chi connectivity index (χ4v) is 0.489. The molecule has 0 radical (unpaired) electrons. The fourth-order valence-electron chi connectivity index (χ4n) is 0.489. The van der Waals surface area contributed by atoms with Crippen molar-refractivity contribution in [1.29, 1.82) is 0 Å². The summed E-state index contributed by atoms with van der Waals surface area (Å²) in [5.74, 6) is -0.816. The second-order valence-corrected chi connectivity index (χ2v) is 2.09. The maximum atomic E-state index is 10.2. The molecule has 0 heterocycles. The van der Waals surface area contributed by atoms with Crippen molar-refractivity contribution in [2.75, 3.05) is 6.54 Å². The summed E-state index contributed by atoms with van der Waals surface area (Å²) in [4.78, 5) is 10.2. The first-order valence-electron chi connectivity index (χ1n) is 3.25. The molecule has 3 nitrogen and oxygen atoms in total. The minimum Gasteiger partial charge on any atom is -0.480 e. The first-order valence-corrected chi connectivity index (χ1v) is 3.25. The van der Waals surface area contributed by atoms with Crippen LogP contribution in [0.2, 0.25) is 0 Å². The monoisotopic (exact) mass is 143 g/mol. The first-order chi connectivity index (χ1) is 4.68.